The molecule has 1 saturated carbocycles. The number of nitrogens with zero attached hydrogens (tertiary/aromatic N) is 2. The van der Waals surface area contributed by atoms with Gasteiger partial charge in [0.1, 0.15) is 5.82 Å². The fourth-order valence-electron chi connectivity index (χ4n) is 2.16. The minimum Gasteiger partial charge on any atom is -0.326 e. The van der Waals surface area contributed by atoms with E-state index in [2.05, 4.69) is 27.7 Å². The first-order chi connectivity index (χ1) is 7.38. The Hall–Kier alpha value is -1.35. The highest BCUT2D eigenvalue weighted by Crippen LogP contribution is 2.35. The van der Waals surface area contributed by atoms with Gasteiger partial charge in [0.2, 0.25) is 0 Å². The number of aromatic nitrogens is 2. The van der Waals surface area contributed by atoms with Crippen LogP contribution in [-0.2, 0) is 6.54 Å². The Morgan fingerprint density at radius 3 is 3.00 bits per heavy atom. The number of hydrogen-bond acceptors (Lipinski definition) is 2. The summed E-state index contributed by atoms with van der Waals surface area (Å²) in [7, 11) is 0. The Morgan fingerprint density at radius 1 is 1.47 bits per heavy atom. The number of pyridine rings is 1. The maximum absolute atomic E-state index is 5.62. The second kappa shape index (κ2) is 3.35. The van der Waals surface area contributed by atoms with Crippen LogP contribution in [0.15, 0.2) is 24.5 Å². The van der Waals surface area contributed by atoms with E-state index < -0.39 is 0 Å². The van der Waals surface area contributed by atoms with Crippen molar-refractivity contribution in [2.75, 3.05) is 0 Å². The summed E-state index contributed by atoms with van der Waals surface area (Å²) in [5.74, 6) is 1.90. The summed E-state index contributed by atoms with van der Waals surface area (Å²) in [5, 5.41) is 0. The van der Waals surface area contributed by atoms with Crippen LogP contribution >= 0.6 is 0 Å². The van der Waals surface area contributed by atoms with Gasteiger partial charge in [0.25, 0.3) is 0 Å². The molecule has 0 aromatic carbocycles. The Morgan fingerprint density at radius 2 is 2.33 bits per heavy atom. The van der Waals surface area contributed by atoms with E-state index in [0.29, 0.717) is 12.5 Å². The normalized spacial score (nSPS) is 16.9. The number of imidazole rings is 1. The van der Waals surface area contributed by atoms with Crippen LogP contribution in [0.3, 0.4) is 0 Å². The molecule has 3 rings (SSSR count). The molecule has 2 aromatic rings. The summed E-state index contributed by atoms with van der Waals surface area (Å²) < 4.78 is 2.20. The molecule has 78 valence electrons. The molecule has 1 aliphatic rings. The van der Waals surface area contributed by atoms with Gasteiger partial charge in [-0.2, -0.15) is 0 Å². The van der Waals surface area contributed by atoms with Crippen LogP contribution in [0.1, 0.15) is 36.6 Å². The van der Waals surface area contributed by atoms with Gasteiger partial charge in [-0.15, -0.1) is 0 Å². The Labute approximate surface area is 88.9 Å². The lowest BCUT2D eigenvalue weighted by molar-refractivity contribution is 0.400. The van der Waals surface area contributed by atoms with Crippen molar-refractivity contribution in [2.24, 2.45) is 5.73 Å². The van der Waals surface area contributed by atoms with Gasteiger partial charge < -0.3 is 10.1 Å². The molecule has 0 unspecified atom stereocenters. The largest absolute Gasteiger partial charge is 0.326 e. The zero-order chi connectivity index (χ0) is 10.3. The Balaban J connectivity index is 2.09. The Bertz CT molecular complexity index is 483. The van der Waals surface area contributed by atoms with E-state index >= 15 is 0 Å². The van der Waals surface area contributed by atoms with Gasteiger partial charge in [0, 0.05) is 18.7 Å². The number of fused-ring (bicyclic) bond motifs is 1. The average molecular weight is 201 g/mol. The van der Waals surface area contributed by atoms with Gasteiger partial charge in [-0.3, -0.25) is 0 Å². The van der Waals surface area contributed by atoms with Crippen LogP contribution in [0, 0.1) is 0 Å². The molecule has 0 atom stereocenters. The first-order valence-corrected chi connectivity index (χ1v) is 5.54. The van der Waals surface area contributed by atoms with Crippen LogP contribution in [0.4, 0.5) is 0 Å². The highest BCUT2D eigenvalue weighted by Gasteiger charge is 2.23. The topological polar surface area (TPSA) is 43.3 Å². The molecular formula is C12H15N3. The van der Waals surface area contributed by atoms with E-state index in [1.807, 2.05) is 6.20 Å². The van der Waals surface area contributed by atoms with Gasteiger partial charge in [-0.25, -0.2) is 4.98 Å². The lowest BCUT2D eigenvalue weighted by Crippen LogP contribution is -2.12. The summed E-state index contributed by atoms with van der Waals surface area (Å²) in [6.45, 7) is 0.598. The second-order valence-electron chi connectivity index (χ2n) is 4.28. The molecule has 0 spiro atoms. The molecular weight excluding hydrogens is 186 g/mol. The number of rotatable bonds is 2. The molecule has 2 N–H and O–H groups in total. The van der Waals surface area contributed by atoms with Gasteiger partial charge in [-0.1, -0.05) is 6.42 Å². The fourth-order valence-corrected chi connectivity index (χ4v) is 2.16. The van der Waals surface area contributed by atoms with Crippen molar-refractivity contribution in [1.82, 2.24) is 9.38 Å². The maximum atomic E-state index is 5.62. The van der Waals surface area contributed by atoms with Crippen molar-refractivity contribution in [1.29, 1.82) is 0 Å². The van der Waals surface area contributed by atoms with Gasteiger partial charge in [0.05, 0.1) is 11.7 Å². The molecule has 0 amide bonds. The lowest BCUT2D eigenvalue weighted by atomic mass is 9.85. The molecule has 1 fully saturated rings. The summed E-state index contributed by atoms with van der Waals surface area (Å²) in [6.07, 6.45) is 7.97. The van der Waals surface area contributed by atoms with Crippen molar-refractivity contribution in [3.63, 3.8) is 0 Å². The van der Waals surface area contributed by atoms with Gasteiger partial charge in [0.15, 0.2) is 0 Å². The predicted octanol–water partition coefficient (Wildman–Crippen LogP) is 2.06. The maximum Gasteiger partial charge on any atom is 0.116 e. The third-order valence-electron chi connectivity index (χ3n) is 3.33. The molecule has 0 saturated heterocycles. The van der Waals surface area contributed by atoms with Crippen molar-refractivity contribution in [2.45, 2.75) is 31.7 Å². The van der Waals surface area contributed by atoms with Crippen LogP contribution in [-0.4, -0.2) is 9.38 Å². The fraction of sp³-hybridized carbons (Fsp3) is 0.417. The van der Waals surface area contributed by atoms with Crippen molar-refractivity contribution in [3.8, 4) is 0 Å². The molecule has 3 heteroatoms. The third-order valence-corrected chi connectivity index (χ3v) is 3.33. The first-order valence-electron chi connectivity index (χ1n) is 5.54. The molecule has 2 aromatic heterocycles. The summed E-state index contributed by atoms with van der Waals surface area (Å²) in [4.78, 5) is 4.51. The van der Waals surface area contributed by atoms with Crippen LogP contribution in [0.2, 0.25) is 0 Å². The predicted molar refractivity (Wildman–Crippen MR) is 59.7 cm³/mol. The van der Waals surface area contributed by atoms with E-state index in [1.54, 1.807) is 0 Å². The highest BCUT2D eigenvalue weighted by molar-refractivity contribution is 5.48. The van der Waals surface area contributed by atoms with E-state index in [1.165, 1.54) is 36.2 Å². The molecule has 15 heavy (non-hydrogen) atoms. The molecule has 0 bridgehead atoms. The summed E-state index contributed by atoms with van der Waals surface area (Å²) in [6, 6.07) is 4.20. The molecule has 0 radical (unpaired) electrons. The van der Waals surface area contributed by atoms with Gasteiger partial charge >= 0.3 is 0 Å². The van der Waals surface area contributed by atoms with Crippen molar-refractivity contribution < 1.29 is 0 Å². The molecule has 0 aliphatic heterocycles. The number of nitrogens with two attached hydrogens (primary N) is 1. The van der Waals surface area contributed by atoms with E-state index in [4.69, 9.17) is 5.73 Å². The lowest BCUT2D eigenvalue weighted by Gasteiger charge is -2.24. The average Bonchev–Trinajstić information content (AvgIpc) is 2.59. The zero-order valence-electron chi connectivity index (χ0n) is 8.69. The van der Waals surface area contributed by atoms with Gasteiger partial charge in [-0.05, 0) is 30.5 Å². The SMILES string of the molecule is NCc1ccn2c(C3CCC3)ncc2c1. The number of hydrogen-bond donors (Lipinski definition) is 1. The third kappa shape index (κ3) is 1.35. The molecule has 1 aliphatic carbocycles. The standard InChI is InChI=1S/C12H15N3/c13-7-9-4-5-15-11(6-9)8-14-12(15)10-2-1-3-10/h4-6,8,10H,1-3,7,13H2. The van der Waals surface area contributed by atoms with E-state index in [0.717, 1.165) is 0 Å². The minimum absolute atomic E-state index is 0.598. The van der Waals surface area contributed by atoms with E-state index in [9.17, 15) is 0 Å². The molecule has 3 nitrogen and oxygen atoms in total. The second-order valence-corrected chi connectivity index (χ2v) is 4.28. The van der Waals surface area contributed by atoms with Crippen LogP contribution in [0.25, 0.3) is 5.52 Å². The Kier molecular flexibility index (Phi) is 1.99. The molecule has 2 heterocycles. The van der Waals surface area contributed by atoms with Crippen molar-refractivity contribution in [3.05, 3.63) is 35.9 Å². The minimum atomic E-state index is 0.598. The highest BCUT2D eigenvalue weighted by atomic mass is 15.0. The van der Waals surface area contributed by atoms with Crippen LogP contribution in [0.5, 0.6) is 0 Å². The summed E-state index contributed by atoms with van der Waals surface area (Å²) in [5.41, 5.74) is 7.95. The van der Waals surface area contributed by atoms with Crippen LogP contribution < -0.4 is 5.73 Å². The smallest absolute Gasteiger partial charge is 0.116 e. The quantitative estimate of drug-likeness (QED) is 0.808. The zero-order valence-corrected chi connectivity index (χ0v) is 8.69. The van der Waals surface area contributed by atoms with Crippen molar-refractivity contribution >= 4 is 5.52 Å². The summed E-state index contributed by atoms with van der Waals surface area (Å²) >= 11 is 0. The first kappa shape index (κ1) is 8.92. The monoisotopic (exact) mass is 201 g/mol. The van der Waals surface area contributed by atoms with E-state index in [-0.39, 0.29) is 0 Å².